The van der Waals surface area contributed by atoms with Gasteiger partial charge in [-0.15, -0.1) is 0 Å². The van der Waals surface area contributed by atoms with Crippen molar-refractivity contribution in [1.29, 1.82) is 0 Å². The number of hydrogen-bond acceptors (Lipinski definition) is 4. The Morgan fingerprint density at radius 2 is 1.83 bits per heavy atom. The van der Waals surface area contributed by atoms with Gasteiger partial charge in [0.1, 0.15) is 11.3 Å². The van der Waals surface area contributed by atoms with Crippen LogP contribution in [0.15, 0.2) is 82.1 Å². The summed E-state index contributed by atoms with van der Waals surface area (Å²) in [6.45, 7) is 4.14. The van der Waals surface area contributed by atoms with Gasteiger partial charge in [0.25, 0.3) is 11.5 Å². The molecule has 0 bridgehead atoms. The van der Waals surface area contributed by atoms with Gasteiger partial charge >= 0.3 is 0 Å². The summed E-state index contributed by atoms with van der Waals surface area (Å²) >= 11 is 0. The average molecular weight is 399 g/mol. The fraction of sp³-hybridized carbons (Fsp3) is 0.125. The molecule has 0 unspecified atom stereocenters. The number of aromatic nitrogens is 2. The smallest absolute Gasteiger partial charge is 0.263 e. The lowest BCUT2D eigenvalue weighted by Crippen LogP contribution is -2.29. The van der Waals surface area contributed by atoms with Gasteiger partial charge in [-0.1, -0.05) is 36.4 Å². The lowest BCUT2D eigenvalue weighted by molar-refractivity contribution is 0.102. The Morgan fingerprint density at radius 1 is 1.03 bits per heavy atom. The van der Waals surface area contributed by atoms with Crippen LogP contribution in [0.4, 0.5) is 5.69 Å². The lowest BCUT2D eigenvalue weighted by Gasteiger charge is -2.09. The van der Waals surface area contributed by atoms with Crippen molar-refractivity contribution in [3.05, 3.63) is 106 Å². The Morgan fingerprint density at radius 3 is 2.57 bits per heavy atom. The number of amides is 1. The van der Waals surface area contributed by atoms with Crippen molar-refractivity contribution in [2.24, 2.45) is 0 Å². The highest BCUT2D eigenvalue weighted by atomic mass is 16.4. The van der Waals surface area contributed by atoms with E-state index in [1.54, 1.807) is 30.5 Å². The summed E-state index contributed by atoms with van der Waals surface area (Å²) in [7, 11) is 0. The Labute approximate surface area is 173 Å². The van der Waals surface area contributed by atoms with Gasteiger partial charge in [-0.2, -0.15) is 0 Å². The van der Waals surface area contributed by atoms with E-state index < -0.39 is 5.91 Å². The number of carbonyl (C=O) groups excluding carboxylic acids is 1. The zero-order valence-corrected chi connectivity index (χ0v) is 16.8. The predicted octanol–water partition coefficient (Wildman–Crippen LogP) is 4.42. The molecule has 150 valence electrons. The monoisotopic (exact) mass is 399 g/mol. The molecule has 0 aliphatic rings. The van der Waals surface area contributed by atoms with E-state index in [9.17, 15) is 9.59 Å². The lowest BCUT2D eigenvalue weighted by atomic mass is 10.2. The highest BCUT2D eigenvalue weighted by Gasteiger charge is 2.14. The quantitative estimate of drug-likeness (QED) is 0.539. The Balaban J connectivity index is 1.57. The van der Waals surface area contributed by atoms with Crippen LogP contribution in [0.1, 0.15) is 27.4 Å². The molecule has 6 nitrogen and oxygen atoms in total. The van der Waals surface area contributed by atoms with Gasteiger partial charge in [0, 0.05) is 17.4 Å². The molecule has 0 spiro atoms. The second kappa shape index (κ2) is 8.21. The van der Waals surface area contributed by atoms with Gasteiger partial charge < -0.3 is 14.3 Å². The van der Waals surface area contributed by atoms with E-state index in [2.05, 4.69) is 10.3 Å². The van der Waals surface area contributed by atoms with Gasteiger partial charge in [-0.3, -0.25) is 9.59 Å². The normalized spacial score (nSPS) is 10.7. The molecular weight excluding hydrogens is 378 g/mol. The first-order valence-electron chi connectivity index (χ1n) is 9.60. The first kappa shape index (κ1) is 19.4. The minimum Gasteiger partial charge on any atom is -0.441 e. The molecule has 0 atom stereocenters. The van der Waals surface area contributed by atoms with Crippen LogP contribution in [-0.2, 0) is 6.54 Å². The Bertz CT molecular complexity index is 1240. The molecule has 0 aliphatic heterocycles. The number of pyridine rings is 1. The summed E-state index contributed by atoms with van der Waals surface area (Å²) in [6, 6.07) is 20.1. The molecule has 1 N–H and O–H groups in total. The molecule has 2 heterocycles. The van der Waals surface area contributed by atoms with Crippen molar-refractivity contribution in [3.63, 3.8) is 0 Å². The van der Waals surface area contributed by atoms with Crippen LogP contribution in [0.2, 0.25) is 0 Å². The molecule has 0 aliphatic carbocycles. The fourth-order valence-electron chi connectivity index (χ4n) is 3.14. The molecule has 30 heavy (non-hydrogen) atoms. The standard InChI is InChI=1S/C24H21N3O3/c1-16-17(2)30-23(25-16)19-10-6-11-20(14-19)26-22(28)21-12-7-13-27(24(21)29)15-18-8-4-3-5-9-18/h3-14H,15H2,1-2H3,(H,26,28). The Kier molecular flexibility index (Phi) is 5.30. The maximum atomic E-state index is 12.8. The zero-order chi connectivity index (χ0) is 21.1. The molecule has 2 aromatic heterocycles. The summed E-state index contributed by atoms with van der Waals surface area (Å²) in [5.74, 6) is 0.785. The van der Waals surface area contributed by atoms with Gasteiger partial charge in [-0.05, 0) is 49.7 Å². The van der Waals surface area contributed by atoms with Crippen molar-refractivity contribution in [1.82, 2.24) is 9.55 Å². The molecule has 6 heteroatoms. The second-order valence-electron chi connectivity index (χ2n) is 7.04. The highest BCUT2D eigenvalue weighted by Crippen LogP contribution is 2.24. The van der Waals surface area contributed by atoms with E-state index >= 15 is 0 Å². The summed E-state index contributed by atoms with van der Waals surface area (Å²) in [6.07, 6.45) is 1.68. The first-order chi connectivity index (χ1) is 14.5. The van der Waals surface area contributed by atoms with Crippen LogP contribution >= 0.6 is 0 Å². The SMILES string of the molecule is Cc1nc(-c2cccc(NC(=O)c3cccn(Cc4ccccc4)c3=O)c2)oc1C. The van der Waals surface area contributed by atoms with E-state index in [1.165, 1.54) is 10.6 Å². The number of aryl methyl sites for hydroxylation is 2. The topological polar surface area (TPSA) is 77.1 Å². The van der Waals surface area contributed by atoms with Crippen molar-refractivity contribution in [3.8, 4) is 11.5 Å². The van der Waals surface area contributed by atoms with Crippen molar-refractivity contribution in [2.45, 2.75) is 20.4 Å². The van der Waals surface area contributed by atoms with Crippen molar-refractivity contribution >= 4 is 11.6 Å². The molecule has 0 radical (unpaired) electrons. The van der Waals surface area contributed by atoms with Crippen LogP contribution in [0, 0.1) is 13.8 Å². The number of hydrogen-bond donors (Lipinski definition) is 1. The van der Waals surface area contributed by atoms with Crippen LogP contribution in [0.3, 0.4) is 0 Å². The van der Waals surface area contributed by atoms with Crippen molar-refractivity contribution in [2.75, 3.05) is 5.32 Å². The molecule has 0 fully saturated rings. The predicted molar refractivity (Wildman–Crippen MR) is 116 cm³/mol. The first-order valence-corrected chi connectivity index (χ1v) is 9.60. The number of nitrogens with one attached hydrogen (secondary N) is 1. The van der Waals surface area contributed by atoms with E-state index in [4.69, 9.17) is 4.42 Å². The molecule has 0 saturated heterocycles. The number of oxazole rings is 1. The average Bonchev–Trinajstić information content (AvgIpc) is 3.09. The van der Waals surface area contributed by atoms with Gasteiger partial charge in [0.15, 0.2) is 0 Å². The fourth-order valence-corrected chi connectivity index (χ4v) is 3.14. The summed E-state index contributed by atoms with van der Waals surface area (Å²) in [5, 5.41) is 2.80. The van der Waals surface area contributed by atoms with Gasteiger partial charge in [0.05, 0.1) is 12.2 Å². The third-order valence-corrected chi connectivity index (χ3v) is 4.86. The molecule has 4 aromatic rings. The van der Waals surface area contributed by atoms with E-state index in [0.29, 0.717) is 18.1 Å². The largest absolute Gasteiger partial charge is 0.441 e. The van der Waals surface area contributed by atoms with E-state index in [-0.39, 0.29) is 11.1 Å². The summed E-state index contributed by atoms with van der Waals surface area (Å²) < 4.78 is 7.19. The molecule has 2 aromatic carbocycles. The summed E-state index contributed by atoms with van der Waals surface area (Å²) in [5.41, 5.74) is 2.86. The maximum Gasteiger partial charge on any atom is 0.263 e. The van der Waals surface area contributed by atoms with Crippen LogP contribution in [-0.4, -0.2) is 15.5 Å². The number of benzene rings is 2. The number of anilines is 1. The van der Waals surface area contributed by atoms with Gasteiger partial charge in [0.2, 0.25) is 5.89 Å². The maximum absolute atomic E-state index is 12.8. The number of nitrogens with zero attached hydrogens (tertiary/aromatic N) is 2. The van der Waals surface area contributed by atoms with E-state index in [0.717, 1.165) is 22.6 Å². The number of rotatable bonds is 5. The highest BCUT2D eigenvalue weighted by molar-refractivity contribution is 6.04. The van der Waals surface area contributed by atoms with Crippen LogP contribution < -0.4 is 10.9 Å². The minimum absolute atomic E-state index is 0.0849. The second-order valence-corrected chi connectivity index (χ2v) is 7.04. The Hall–Kier alpha value is -3.93. The molecule has 4 rings (SSSR count). The zero-order valence-electron chi connectivity index (χ0n) is 16.8. The third-order valence-electron chi connectivity index (χ3n) is 4.86. The number of carbonyl (C=O) groups is 1. The molecular formula is C24H21N3O3. The third kappa shape index (κ3) is 4.07. The summed E-state index contributed by atoms with van der Waals surface area (Å²) in [4.78, 5) is 30.0. The van der Waals surface area contributed by atoms with Crippen LogP contribution in [0.25, 0.3) is 11.5 Å². The molecule has 1 amide bonds. The molecule has 0 saturated carbocycles. The van der Waals surface area contributed by atoms with Gasteiger partial charge in [-0.25, -0.2) is 4.98 Å². The minimum atomic E-state index is -0.459. The van der Waals surface area contributed by atoms with Crippen molar-refractivity contribution < 1.29 is 9.21 Å². The van der Waals surface area contributed by atoms with E-state index in [1.807, 2.05) is 50.2 Å². The van der Waals surface area contributed by atoms with Crippen LogP contribution in [0.5, 0.6) is 0 Å².